The average Bonchev–Trinajstić information content (AvgIpc) is 2.62. The molecular weight excluding hydrogens is 238 g/mol. The molecule has 2 unspecified atom stereocenters. The Labute approximate surface area is 115 Å². The lowest BCUT2D eigenvalue weighted by atomic mass is 9.56. The summed E-state index contributed by atoms with van der Waals surface area (Å²) in [7, 11) is 2.05. The van der Waals surface area contributed by atoms with Gasteiger partial charge in [0.15, 0.2) is 11.5 Å². The van der Waals surface area contributed by atoms with Gasteiger partial charge in [-0.25, -0.2) is 0 Å². The van der Waals surface area contributed by atoms with Crippen molar-refractivity contribution in [1.29, 1.82) is 0 Å². The molecule has 1 aromatic rings. The molecule has 0 amide bonds. The molecule has 1 fully saturated rings. The van der Waals surface area contributed by atoms with Crippen molar-refractivity contribution < 1.29 is 9.47 Å². The van der Waals surface area contributed by atoms with Crippen molar-refractivity contribution in [3.8, 4) is 11.5 Å². The third-order valence-electron chi connectivity index (χ3n) is 4.79. The van der Waals surface area contributed by atoms with Crippen LogP contribution < -0.4 is 14.8 Å². The molecule has 2 aliphatic rings. The molecule has 0 aromatic heterocycles. The lowest BCUT2D eigenvalue weighted by Gasteiger charge is -2.52. The van der Waals surface area contributed by atoms with E-state index in [4.69, 9.17) is 9.47 Å². The zero-order chi connectivity index (χ0) is 13.5. The van der Waals surface area contributed by atoms with E-state index in [1.807, 2.05) is 0 Å². The molecule has 0 saturated heterocycles. The number of hydrogen-bond acceptors (Lipinski definition) is 3. The van der Waals surface area contributed by atoms with Crippen LogP contribution >= 0.6 is 0 Å². The maximum atomic E-state index is 5.79. The first-order chi connectivity index (χ1) is 9.13. The Kier molecular flexibility index (Phi) is 3.17. The number of rotatable bonds is 2. The van der Waals surface area contributed by atoms with E-state index in [2.05, 4.69) is 44.4 Å². The summed E-state index contributed by atoms with van der Waals surface area (Å²) in [5.41, 5.74) is 1.68. The van der Waals surface area contributed by atoms with Crippen LogP contribution in [0.25, 0.3) is 0 Å². The molecule has 0 radical (unpaired) electrons. The van der Waals surface area contributed by atoms with Crippen LogP contribution in [-0.4, -0.2) is 26.3 Å². The number of hydrogen-bond donors (Lipinski definition) is 1. The first-order valence-corrected chi connectivity index (χ1v) is 7.19. The predicted octanol–water partition coefficient (Wildman–Crippen LogP) is 2.95. The van der Waals surface area contributed by atoms with Crippen LogP contribution in [0, 0.1) is 5.41 Å². The number of nitrogens with one attached hydrogen (secondary N) is 1. The summed E-state index contributed by atoms with van der Waals surface area (Å²) in [6.45, 7) is 6.18. The topological polar surface area (TPSA) is 30.5 Å². The molecule has 3 nitrogen and oxygen atoms in total. The molecule has 0 spiro atoms. The monoisotopic (exact) mass is 261 g/mol. The molecule has 0 bridgehead atoms. The molecule has 1 N–H and O–H groups in total. The lowest BCUT2D eigenvalue weighted by Crippen LogP contribution is -2.54. The minimum absolute atomic E-state index is 0.300. The molecule has 2 atom stereocenters. The van der Waals surface area contributed by atoms with E-state index < -0.39 is 0 Å². The first-order valence-electron chi connectivity index (χ1n) is 7.19. The highest BCUT2D eigenvalue weighted by Gasteiger charge is 2.47. The van der Waals surface area contributed by atoms with Crippen LogP contribution in [0.2, 0.25) is 0 Å². The van der Waals surface area contributed by atoms with Crippen LogP contribution in [0.15, 0.2) is 18.2 Å². The van der Waals surface area contributed by atoms with Crippen molar-refractivity contribution in [3.05, 3.63) is 23.8 Å². The Morgan fingerprint density at radius 2 is 1.89 bits per heavy atom. The van der Waals surface area contributed by atoms with E-state index in [1.165, 1.54) is 12.0 Å². The third kappa shape index (κ3) is 2.10. The van der Waals surface area contributed by atoms with E-state index in [-0.39, 0.29) is 0 Å². The fourth-order valence-electron chi connectivity index (χ4n) is 3.38. The van der Waals surface area contributed by atoms with Gasteiger partial charge in [0.1, 0.15) is 0 Å². The van der Waals surface area contributed by atoms with Crippen molar-refractivity contribution in [3.63, 3.8) is 0 Å². The van der Waals surface area contributed by atoms with Crippen LogP contribution in [0.4, 0.5) is 0 Å². The van der Waals surface area contributed by atoms with Gasteiger partial charge in [-0.2, -0.15) is 0 Å². The standard InChI is InChI=1S/C16H23NO2/c1-16(2)12(10-15(16)17-3)11-5-6-13-14(9-11)19-8-4-7-18-13/h5-6,9,12,15,17H,4,7-8,10H2,1-3H3. The first kappa shape index (κ1) is 12.8. The van der Waals surface area contributed by atoms with Gasteiger partial charge in [0.2, 0.25) is 0 Å². The molecule has 19 heavy (non-hydrogen) atoms. The Balaban J connectivity index is 1.85. The zero-order valence-corrected chi connectivity index (χ0v) is 12.0. The highest BCUT2D eigenvalue weighted by molar-refractivity contribution is 5.45. The molecule has 1 saturated carbocycles. The van der Waals surface area contributed by atoms with Gasteiger partial charge in [0.05, 0.1) is 13.2 Å². The van der Waals surface area contributed by atoms with Crippen LogP contribution in [0.1, 0.15) is 38.2 Å². The highest BCUT2D eigenvalue weighted by atomic mass is 16.5. The SMILES string of the molecule is CNC1CC(c2ccc3c(c2)OCCCO3)C1(C)C. The van der Waals surface area contributed by atoms with E-state index >= 15 is 0 Å². The van der Waals surface area contributed by atoms with E-state index in [0.29, 0.717) is 17.4 Å². The maximum absolute atomic E-state index is 5.79. The summed E-state index contributed by atoms with van der Waals surface area (Å²) in [4.78, 5) is 0. The van der Waals surface area contributed by atoms with E-state index in [0.717, 1.165) is 31.1 Å². The van der Waals surface area contributed by atoms with Gasteiger partial charge in [-0.15, -0.1) is 0 Å². The highest BCUT2D eigenvalue weighted by Crippen LogP contribution is 2.53. The summed E-state index contributed by atoms with van der Waals surface area (Å²) >= 11 is 0. The van der Waals surface area contributed by atoms with Crippen molar-refractivity contribution >= 4 is 0 Å². The summed E-state index contributed by atoms with van der Waals surface area (Å²) < 4.78 is 11.5. The smallest absolute Gasteiger partial charge is 0.161 e. The van der Waals surface area contributed by atoms with E-state index in [9.17, 15) is 0 Å². The summed E-state index contributed by atoms with van der Waals surface area (Å²) in [6.07, 6.45) is 2.16. The Morgan fingerprint density at radius 1 is 1.16 bits per heavy atom. The van der Waals surface area contributed by atoms with Gasteiger partial charge >= 0.3 is 0 Å². The largest absolute Gasteiger partial charge is 0.490 e. The minimum Gasteiger partial charge on any atom is -0.490 e. The average molecular weight is 261 g/mol. The summed E-state index contributed by atoms with van der Waals surface area (Å²) in [5.74, 6) is 2.41. The molecule has 1 aliphatic carbocycles. The molecule has 104 valence electrons. The Hall–Kier alpha value is -1.22. The maximum Gasteiger partial charge on any atom is 0.161 e. The Bertz CT molecular complexity index is 470. The third-order valence-corrected chi connectivity index (χ3v) is 4.79. The number of ether oxygens (including phenoxy) is 2. The van der Waals surface area contributed by atoms with Crippen molar-refractivity contribution in [2.24, 2.45) is 5.41 Å². The summed E-state index contributed by atoms with van der Waals surface area (Å²) in [5, 5.41) is 3.41. The summed E-state index contributed by atoms with van der Waals surface area (Å²) in [6, 6.07) is 7.05. The van der Waals surface area contributed by atoms with Gasteiger partial charge in [-0.3, -0.25) is 0 Å². The van der Waals surface area contributed by atoms with E-state index in [1.54, 1.807) is 0 Å². The second-order valence-electron chi connectivity index (χ2n) is 6.21. The quantitative estimate of drug-likeness (QED) is 0.888. The predicted molar refractivity (Wildman–Crippen MR) is 76.0 cm³/mol. The normalized spacial score (nSPS) is 28.4. The second kappa shape index (κ2) is 4.71. The Morgan fingerprint density at radius 3 is 2.58 bits per heavy atom. The lowest BCUT2D eigenvalue weighted by molar-refractivity contribution is 0.0749. The van der Waals surface area contributed by atoms with Crippen molar-refractivity contribution in [1.82, 2.24) is 5.32 Å². The molecule has 1 heterocycles. The van der Waals surface area contributed by atoms with Crippen molar-refractivity contribution in [2.75, 3.05) is 20.3 Å². The number of benzene rings is 1. The fourth-order valence-corrected chi connectivity index (χ4v) is 3.38. The van der Waals surface area contributed by atoms with Gasteiger partial charge in [0, 0.05) is 12.5 Å². The minimum atomic E-state index is 0.300. The van der Waals surface area contributed by atoms with Gasteiger partial charge in [-0.1, -0.05) is 19.9 Å². The zero-order valence-electron chi connectivity index (χ0n) is 12.0. The second-order valence-corrected chi connectivity index (χ2v) is 6.21. The number of fused-ring (bicyclic) bond motifs is 1. The van der Waals surface area contributed by atoms with Gasteiger partial charge < -0.3 is 14.8 Å². The van der Waals surface area contributed by atoms with Crippen LogP contribution in [0.5, 0.6) is 11.5 Å². The van der Waals surface area contributed by atoms with Crippen molar-refractivity contribution in [2.45, 2.75) is 38.6 Å². The molecular formula is C16H23NO2. The molecule has 3 rings (SSSR count). The van der Waals surface area contributed by atoms with Gasteiger partial charge in [0.25, 0.3) is 0 Å². The van der Waals surface area contributed by atoms with Crippen LogP contribution in [-0.2, 0) is 0 Å². The fraction of sp³-hybridized carbons (Fsp3) is 0.625. The van der Waals surface area contributed by atoms with Crippen LogP contribution in [0.3, 0.4) is 0 Å². The molecule has 1 aromatic carbocycles. The molecule has 3 heteroatoms. The van der Waals surface area contributed by atoms with Gasteiger partial charge in [-0.05, 0) is 42.5 Å². The molecule has 1 aliphatic heterocycles.